The predicted molar refractivity (Wildman–Crippen MR) is 390 cm³/mol. The first kappa shape index (κ1) is 51.4. The van der Waals surface area contributed by atoms with Crippen molar-refractivity contribution >= 4 is 160 Å². The Balaban J connectivity index is 1.09. The molecule has 92 heavy (non-hydrogen) atoms. The van der Waals surface area contributed by atoms with Crippen molar-refractivity contribution in [1.82, 2.24) is 23.7 Å². The third kappa shape index (κ3) is 7.39. The molecule has 0 radical (unpaired) electrons. The van der Waals surface area contributed by atoms with Gasteiger partial charge in [-0.1, -0.05) is 182 Å². The average molecular weight is 1220 g/mol. The molecule has 0 aliphatic heterocycles. The quantitative estimate of drug-likeness (QED) is 0.160. The van der Waals surface area contributed by atoms with Crippen molar-refractivity contribution in [3.8, 4) is 68.2 Å². The van der Waals surface area contributed by atoms with Gasteiger partial charge in [-0.15, -0.1) is 34.0 Å². The number of aromatic nitrogens is 5. The van der Waals surface area contributed by atoms with Gasteiger partial charge in [0.1, 0.15) is 11.6 Å². The number of fused-ring (bicyclic) bond motifs is 18. The summed E-state index contributed by atoms with van der Waals surface area (Å²) < 4.78 is 14.7. The monoisotopic (exact) mass is 1220 g/mol. The maximum atomic E-state index is 13.3. The Morgan fingerprint density at radius 2 is 0.565 bits per heavy atom. The van der Waals surface area contributed by atoms with Crippen molar-refractivity contribution in [2.45, 2.75) is 0 Å². The Morgan fingerprint density at radius 3 is 0.935 bits per heavy atom. The molecule has 0 aliphatic rings. The zero-order chi connectivity index (χ0) is 60.3. The van der Waals surface area contributed by atoms with Gasteiger partial charge in [-0.25, -0.2) is 9.97 Å². The zero-order valence-electron chi connectivity index (χ0n) is 49.0. The van der Waals surface area contributed by atoms with Crippen LogP contribution in [0.15, 0.2) is 279 Å². The molecule has 6 nitrogen and oxygen atoms in total. The van der Waals surface area contributed by atoms with Crippen LogP contribution in [0.25, 0.3) is 188 Å². The van der Waals surface area contributed by atoms with Crippen LogP contribution in [0, 0.1) is 11.3 Å². The Morgan fingerprint density at radius 1 is 0.250 bits per heavy atom. The van der Waals surface area contributed by atoms with E-state index in [1.54, 1.807) is 0 Å². The molecule has 8 heterocycles. The van der Waals surface area contributed by atoms with Gasteiger partial charge in [0.15, 0.2) is 0 Å². The largest absolute Gasteiger partial charge is 0.308 e. The Labute approximate surface area is 537 Å². The number of thiophene rings is 3. The molecule has 0 saturated heterocycles. The molecule has 0 amide bonds. The molecule has 12 aromatic carbocycles. The van der Waals surface area contributed by atoms with Crippen molar-refractivity contribution in [3.63, 3.8) is 0 Å². The second-order valence-electron chi connectivity index (χ2n) is 23.8. The van der Waals surface area contributed by atoms with Gasteiger partial charge in [-0.3, -0.25) is 0 Å². The highest BCUT2D eigenvalue weighted by molar-refractivity contribution is 7.26. The summed E-state index contributed by atoms with van der Waals surface area (Å²) >= 11 is 5.48. The van der Waals surface area contributed by atoms with Gasteiger partial charge in [0.25, 0.3) is 0 Å². The van der Waals surface area contributed by atoms with Gasteiger partial charge in [0, 0.05) is 104 Å². The number of hydrogen-bond donors (Lipinski definition) is 0. The summed E-state index contributed by atoms with van der Waals surface area (Å²) in [5, 5.41) is 27.0. The van der Waals surface area contributed by atoms with Crippen LogP contribution in [-0.4, -0.2) is 23.7 Å². The lowest BCUT2D eigenvalue weighted by Gasteiger charge is -2.28. The molecule has 0 aliphatic carbocycles. The summed E-state index contributed by atoms with van der Waals surface area (Å²) in [6.07, 6.45) is 0. The van der Waals surface area contributed by atoms with E-state index < -0.39 is 0 Å². The fraction of sp³-hybridized carbons (Fsp3) is 0. The lowest BCUT2D eigenvalue weighted by Crippen LogP contribution is -2.14. The minimum absolute atomic E-state index is 0.473. The number of benzene rings is 12. The zero-order valence-corrected chi connectivity index (χ0v) is 51.4. The van der Waals surface area contributed by atoms with E-state index in [1.807, 2.05) is 34.0 Å². The van der Waals surface area contributed by atoms with Gasteiger partial charge in [0.2, 0.25) is 0 Å². The highest BCUT2D eigenvalue weighted by atomic mass is 32.1. The third-order valence-corrected chi connectivity index (χ3v) is 22.3. The topological polar surface area (TPSA) is 64.4 Å². The van der Waals surface area contributed by atoms with E-state index in [2.05, 4.69) is 299 Å². The second kappa shape index (κ2) is 19.7. The minimum Gasteiger partial charge on any atom is -0.308 e. The molecule has 0 spiro atoms. The molecule has 0 saturated carbocycles. The van der Waals surface area contributed by atoms with E-state index in [1.165, 1.54) is 49.7 Å². The van der Waals surface area contributed by atoms with Crippen LogP contribution >= 0.6 is 34.0 Å². The number of pyridine rings is 2. The predicted octanol–water partition coefficient (Wildman–Crippen LogP) is 23.4. The average Bonchev–Trinajstić information content (AvgIpc) is 1.47. The lowest BCUT2D eigenvalue weighted by atomic mass is 9.91. The summed E-state index contributed by atoms with van der Waals surface area (Å²) in [7, 11) is 0. The summed E-state index contributed by atoms with van der Waals surface area (Å²) in [5.41, 5.74) is 15.2. The van der Waals surface area contributed by atoms with E-state index in [9.17, 15) is 5.26 Å². The number of hydrogen-bond acceptors (Lipinski definition) is 6. The van der Waals surface area contributed by atoms with Crippen molar-refractivity contribution in [3.05, 3.63) is 285 Å². The Bertz CT molecular complexity index is 6290. The summed E-state index contributed by atoms with van der Waals surface area (Å²) in [4.78, 5) is 11.8. The normalized spacial score (nSPS) is 12.1. The highest BCUT2D eigenvalue weighted by Gasteiger charge is 2.35. The van der Waals surface area contributed by atoms with E-state index in [0.717, 1.165) is 116 Å². The summed E-state index contributed by atoms with van der Waals surface area (Å²) in [6.45, 7) is 0. The molecule has 0 N–H and O–H groups in total. The first-order valence-corrected chi connectivity index (χ1v) is 33.3. The smallest absolute Gasteiger partial charge is 0.104 e. The van der Waals surface area contributed by atoms with Crippen LogP contribution in [0.2, 0.25) is 0 Å². The van der Waals surface area contributed by atoms with Gasteiger partial charge in [-0.05, 0) is 97.1 Å². The van der Waals surface area contributed by atoms with Crippen LogP contribution in [-0.2, 0) is 0 Å². The molecule has 20 aromatic rings. The van der Waals surface area contributed by atoms with Crippen molar-refractivity contribution in [2.24, 2.45) is 0 Å². The van der Waals surface area contributed by atoms with Crippen molar-refractivity contribution in [1.29, 1.82) is 5.26 Å². The van der Waals surface area contributed by atoms with Gasteiger partial charge >= 0.3 is 0 Å². The molecule has 0 fully saturated rings. The van der Waals surface area contributed by atoms with Gasteiger partial charge in [-0.2, -0.15) is 5.26 Å². The molecule has 0 unspecified atom stereocenters. The van der Waals surface area contributed by atoms with Gasteiger partial charge in [0.05, 0.1) is 84.1 Å². The molecule has 0 bridgehead atoms. The van der Waals surface area contributed by atoms with Crippen LogP contribution in [0.4, 0.5) is 0 Å². The summed E-state index contributed by atoms with van der Waals surface area (Å²) in [6, 6.07) is 104. The third-order valence-electron chi connectivity index (χ3n) is 18.9. The van der Waals surface area contributed by atoms with Crippen LogP contribution in [0.5, 0.6) is 0 Å². The van der Waals surface area contributed by atoms with Crippen LogP contribution in [0.3, 0.4) is 0 Å². The maximum absolute atomic E-state index is 13.3. The van der Waals surface area contributed by atoms with E-state index in [-0.39, 0.29) is 0 Å². The molecule has 0 atom stereocenters. The first-order valence-electron chi connectivity index (χ1n) is 30.8. The Hall–Kier alpha value is -11.5. The second-order valence-corrected chi connectivity index (χ2v) is 27.0. The number of rotatable bonds is 7. The fourth-order valence-corrected chi connectivity index (χ4v) is 18.3. The first-order chi connectivity index (χ1) is 45.6. The molecule has 9 heteroatoms. The molecular formula is C83H46N6S3. The number of nitriles is 1. The van der Waals surface area contributed by atoms with E-state index in [0.29, 0.717) is 28.3 Å². The highest BCUT2D eigenvalue weighted by Crippen LogP contribution is 2.54. The van der Waals surface area contributed by atoms with Crippen LogP contribution < -0.4 is 0 Å². The number of para-hydroxylation sites is 3. The standard InChI is InChI=1S/C83H46N6S3/c84-47-62-81(87-67-35-13-7-25-50(67)56-44-76-59(41-70(56)87)53-28-10-16-38-73(53)90-76)79(65-33-19-31-63(85-65)48-21-3-1-4-22-48)83(89-69-37-15-9-27-52(69)58-46-78-61(43-72(58)89)55-30-12-18-40-75(55)92-78)80(66-34-20-32-64(86-66)49-23-5-2-6-24-49)82(62)88-68-36-14-8-26-51(68)57-45-77-60(42-71(57)88)54-29-11-17-39-74(54)91-77/h1-46H. The maximum Gasteiger partial charge on any atom is 0.104 e. The SMILES string of the molecule is N#Cc1c(-n2c3ccccc3c3cc4sc5ccccc5c4cc32)c(-c2cccc(-c3ccccc3)n2)c(-n2c3ccccc3c3cc4sc5ccccc5c4cc32)c(-c2cccc(-c3ccccc3)n2)c1-n1c2ccccc2c2cc3sc4ccccc4c3cc21. The number of nitrogens with zero attached hydrogens (tertiary/aromatic N) is 6. The Kier molecular flexibility index (Phi) is 11.0. The van der Waals surface area contributed by atoms with Gasteiger partial charge < -0.3 is 13.7 Å². The lowest BCUT2D eigenvalue weighted by molar-refractivity contribution is 1.08. The molecular weight excluding hydrogens is 1180 g/mol. The van der Waals surface area contributed by atoms with E-state index >= 15 is 0 Å². The molecule has 8 aromatic heterocycles. The molecule has 20 rings (SSSR count). The minimum atomic E-state index is 0.473. The summed E-state index contributed by atoms with van der Waals surface area (Å²) in [5.74, 6) is 0. The van der Waals surface area contributed by atoms with Crippen LogP contribution in [0.1, 0.15) is 5.56 Å². The molecule has 426 valence electrons. The fourth-order valence-electron chi connectivity index (χ4n) is 14.9. The van der Waals surface area contributed by atoms with Crippen molar-refractivity contribution < 1.29 is 0 Å². The van der Waals surface area contributed by atoms with E-state index in [4.69, 9.17) is 9.97 Å². The van der Waals surface area contributed by atoms with Crippen molar-refractivity contribution in [2.75, 3.05) is 0 Å².